The third-order valence-corrected chi connectivity index (χ3v) is 3.41. The number of anilines is 1. The van der Waals surface area contributed by atoms with Gasteiger partial charge in [0.1, 0.15) is 16.3 Å². The lowest BCUT2D eigenvalue weighted by Crippen LogP contribution is -2.15. The van der Waals surface area contributed by atoms with E-state index < -0.39 is 28.3 Å². The van der Waals surface area contributed by atoms with Crippen molar-refractivity contribution < 1.29 is 24.0 Å². The summed E-state index contributed by atoms with van der Waals surface area (Å²) >= 11 is 0.900. The standard InChI is InChI=1S/C12H7FN2O5S/c13-6-1-2-7(9(5-6)15(19)20)11(16)14-8-3-4-21-10(8)12(17)18/h1-5H,(H,14,16)(H,17,18). The molecule has 2 rings (SSSR count). The summed E-state index contributed by atoms with van der Waals surface area (Å²) in [4.78, 5) is 32.8. The Morgan fingerprint density at radius 2 is 2.05 bits per heavy atom. The number of benzene rings is 1. The Bertz CT molecular complexity index is 743. The highest BCUT2D eigenvalue weighted by Gasteiger charge is 2.22. The molecule has 108 valence electrons. The SMILES string of the molecule is O=C(Nc1ccsc1C(=O)O)c1ccc(F)cc1[N+](=O)[O-]. The number of nitrogens with one attached hydrogen (secondary N) is 1. The van der Waals surface area contributed by atoms with Gasteiger partial charge in [-0.2, -0.15) is 0 Å². The second kappa shape index (κ2) is 5.67. The van der Waals surface area contributed by atoms with Crippen LogP contribution in [-0.2, 0) is 0 Å². The number of hydrogen-bond donors (Lipinski definition) is 2. The van der Waals surface area contributed by atoms with Crippen LogP contribution in [0.2, 0.25) is 0 Å². The van der Waals surface area contributed by atoms with Gasteiger partial charge in [0.05, 0.1) is 16.7 Å². The highest BCUT2D eigenvalue weighted by atomic mass is 32.1. The van der Waals surface area contributed by atoms with E-state index in [1.165, 1.54) is 11.4 Å². The Morgan fingerprint density at radius 1 is 1.33 bits per heavy atom. The maximum atomic E-state index is 13.0. The number of nitrogens with zero attached hydrogens (tertiary/aromatic N) is 1. The molecule has 0 fully saturated rings. The number of nitro benzene ring substituents is 1. The number of carboxylic acids is 1. The lowest BCUT2D eigenvalue weighted by atomic mass is 10.1. The smallest absolute Gasteiger partial charge is 0.348 e. The van der Waals surface area contributed by atoms with E-state index in [2.05, 4.69) is 5.32 Å². The minimum atomic E-state index is -1.23. The number of carboxylic acid groups (broad SMARTS) is 1. The van der Waals surface area contributed by atoms with Gasteiger partial charge in [0.2, 0.25) is 0 Å². The van der Waals surface area contributed by atoms with Gasteiger partial charge in [-0.3, -0.25) is 14.9 Å². The molecule has 0 spiro atoms. The molecule has 2 N–H and O–H groups in total. The molecule has 1 aromatic carbocycles. The van der Waals surface area contributed by atoms with Crippen LogP contribution in [0.3, 0.4) is 0 Å². The largest absolute Gasteiger partial charge is 0.477 e. The lowest BCUT2D eigenvalue weighted by molar-refractivity contribution is -0.385. The highest BCUT2D eigenvalue weighted by molar-refractivity contribution is 7.12. The van der Waals surface area contributed by atoms with Gasteiger partial charge in [-0.1, -0.05) is 0 Å². The second-order valence-electron chi connectivity index (χ2n) is 3.84. The predicted octanol–water partition coefficient (Wildman–Crippen LogP) is 2.75. The van der Waals surface area contributed by atoms with Crippen LogP contribution in [0.25, 0.3) is 0 Å². The van der Waals surface area contributed by atoms with Crippen LogP contribution in [-0.4, -0.2) is 21.9 Å². The van der Waals surface area contributed by atoms with Gasteiger partial charge < -0.3 is 10.4 Å². The third-order valence-electron chi connectivity index (χ3n) is 2.51. The number of amides is 1. The number of halogens is 1. The molecule has 7 nitrogen and oxygen atoms in total. The van der Waals surface area contributed by atoms with Crippen molar-refractivity contribution in [3.63, 3.8) is 0 Å². The lowest BCUT2D eigenvalue weighted by Gasteiger charge is -2.05. The quantitative estimate of drug-likeness (QED) is 0.666. The summed E-state index contributed by atoms with van der Waals surface area (Å²) in [5.74, 6) is -2.96. The first-order chi connectivity index (χ1) is 9.90. The second-order valence-corrected chi connectivity index (χ2v) is 4.76. The Kier molecular flexibility index (Phi) is 3.94. The summed E-state index contributed by atoms with van der Waals surface area (Å²) in [6, 6.07) is 3.87. The fourth-order valence-electron chi connectivity index (χ4n) is 1.61. The summed E-state index contributed by atoms with van der Waals surface area (Å²) < 4.78 is 13.0. The van der Waals surface area contributed by atoms with Crippen LogP contribution in [0.4, 0.5) is 15.8 Å². The number of nitro groups is 1. The Balaban J connectivity index is 2.35. The maximum absolute atomic E-state index is 13.0. The Morgan fingerprint density at radius 3 is 2.67 bits per heavy atom. The van der Waals surface area contributed by atoms with E-state index in [-0.39, 0.29) is 16.1 Å². The van der Waals surface area contributed by atoms with Crippen LogP contribution < -0.4 is 5.32 Å². The van der Waals surface area contributed by atoms with E-state index >= 15 is 0 Å². The van der Waals surface area contributed by atoms with Crippen molar-refractivity contribution in [1.82, 2.24) is 0 Å². The highest BCUT2D eigenvalue weighted by Crippen LogP contribution is 2.25. The molecule has 2 aromatic rings. The zero-order valence-corrected chi connectivity index (χ0v) is 11.0. The molecule has 0 aliphatic carbocycles. The van der Waals surface area contributed by atoms with Crippen molar-refractivity contribution in [3.05, 3.63) is 56.0 Å². The topological polar surface area (TPSA) is 110 Å². The van der Waals surface area contributed by atoms with Gasteiger partial charge in [0, 0.05) is 0 Å². The molecule has 0 atom stereocenters. The van der Waals surface area contributed by atoms with Crippen molar-refractivity contribution in [1.29, 1.82) is 0 Å². The summed E-state index contributed by atoms with van der Waals surface area (Å²) in [6.45, 7) is 0. The number of rotatable bonds is 4. The fourth-order valence-corrected chi connectivity index (χ4v) is 2.30. The Hall–Kier alpha value is -2.81. The van der Waals surface area contributed by atoms with E-state index in [1.807, 2.05) is 0 Å². The number of carbonyl (C=O) groups is 2. The minimum absolute atomic E-state index is 0.0242. The molecule has 1 heterocycles. The van der Waals surface area contributed by atoms with E-state index in [0.717, 1.165) is 23.5 Å². The molecular formula is C12H7FN2O5S. The molecule has 9 heteroatoms. The maximum Gasteiger partial charge on any atom is 0.348 e. The van der Waals surface area contributed by atoms with E-state index in [9.17, 15) is 24.1 Å². The van der Waals surface area contributed by atoms with Gasteiger partial charge in [-0.25, -0.2) is 9.18 Å². The van der Waals surface area contributed by atoms with E-state index in [0.29, 0.717) is 6.07 Å². The van der Waals surface area contributed by atoms with Gasteiger partial charge in [-0.05, 0) is 23.6 Å². The average Bonchev–Trinajstić information content (AvgIpc) is 2.86. The first-order valence-electron chi connectivity index (χ1n) is 5.46. The summed E-state index contributed by atoms with van der Waals surface area (Å²) in [5, 5.41) is 23.5. The summed E-state index contributed by atoms with van der Waals surface area (Å²) in [7, 11) is 0. The third kappa shape index (κ3) is 3.03. The number of carbonyl (C=O) groups excluding carboxylic acids is 1. The summed E-state index contributed by atoms with van der Waals surface area (Å²) in [6.07, 6.45) is 0. The molecule has 0 unspecified atom stereocenters. The molecule has 1 aromatic heterocycles. The van der Waals surface area contributed by atoms with Crippen molar-refractivity contribution in [3.8, 4) is 0 Å². The Labute approximate surface area is 120 Å². The predicted molar refractivity (Wildman–Crippen MR) is 72.3 cm³/mol. The van der Waals surface area contributed by atoms with Gasteiger partial charge in [0.25, 0.3) is 11.6 Å². The molecule has 0 aliphatic rings. The number of aromatic carboxylic acids is 1. The normalized spacial score (nSPS) is 10.1. The fraction of sp³-hybridized carbons (Fsp3) is 0. The van der Waals surface area contributed by atoms with Crippen LogP contribution in [0.15, 0.2) is 29.6 Å². The molecule has 0 radical (unpaired) electrons. The molecular weight excluding hydrogens is 303 g/mol. The van der Waals surface area contributed by atoms with Crippen molar-refractivity contribution >= 4 is 34.6 Å². The van der Waals surface area contributed by atoms with Crippen molar-refractivity contribution in [2.45, 2.75) is 0 Å². The van der Waals surface area contributed by atoms with Gasteiger partial charge >= 0.3 is 5.97 Å². The molecule has 0 saturated carbocycles. The number of hydrogen-bond acceptors (Lipinski definition) is 5. The van der Waals surface area contributed by atoms with Crippen LogP contribution in [0, 0.1) is 15.9 Å². The monoisotopic (exact) mass is 310 g/mol. The molecule has 21 heavy (non-hydrogen) atoms. The van der Waals surface area contributed by atoms with Crippen LogP contribution in [0.1, 0.15) is 20.0 Å². The molecule has 1 amide bonds. The van der Waals surface area contributed by atoms with Gasteiger partial charge in [0.15, 0.2) is 0 Å². The first kappa shape index (κ1) is 14.6. The van der Waals surface area contributed by atoms with E-state index in [1.54, 1.807) is 0 Å². The average molecular weight is 310 g/mol. The molecule has 0 bridgehead atoms. The van der Waals surface area contributed by atoms with Gasteiger partial charge in [-0.15, -0.1) is 11.3 Å². The zero-order chi connectivity index (χ0) is 15.6. The number of thiophene rings is 1. The molecule has 0 saturated heterocycles. The summed E-state index contributed by atoms with van der Waals surface area (Å²) in [5.41, 5.74) is -1.03. The van der Waals surface area contributed by atoms with Crippen LogP contribution in [0.5, 0.6) is 0 Å². The molecule has 0 aliphatic heterocycles. The van der Waals surface area contributed by atoms with Crippen molar-refractivity contribution in [2.75, 3.05) is 5.32 Å². The minimum Gasteiger partial charge on any atom is -0.477 e. The first-order valence-corrected chi connectivity index (χ1v) is 6.34. The van der Waals surface area contributed by atoms with Crippen LogP contribution >= 0.6 is 11.3 Å². The zero-order valence-electron chi connectivity index (χ0n) is 10.2. The van der Waals surface area contributed by atoms with Crippen molar-refractivity contribution in [2.24, 2.45) is 0 Å². The van der Waals surface area contributed by atoms with E-state index in [4.69, 9.17) is 5.11 Å².